The van der Waals surface area contributed by atoms with Gasteiger partial charge in [0, 0.05) is 12.1 Å². The first-order valence-corrected chi connectivity index (χ1v) is 5.30. The number of aromatic nitrogens is 1. The number of benzene rings is 1. The van der Waals surface area contributed by atoms with Gasteiger partial charge in [0.15, 0.2) is 5.76 Å². The Bertz CT molecular complexity index is 559. The van der Waals surface area contributed by atoms with Gasteiger partial charge in [0.1, 0.15) is 11.3 Å². The van der Waals surface area contributed by atoms with Crippen LogP contribution in [0.4, 0.5) is 4.39 Å². The molecule has 1 aromatic carbocycles. The molecule has 0 aliphatic carbocycles. The summed E-state index contributed by atoms with van der Waals surface area (Å²) in [6.07, 6.45) is 3.01. The molecule has 16 heavy (non-hydrogen) atoms. The van der Waals surface area contributed by atoms with Gasteiger partial charge in [-0.05, 0) is 25.1 Å². The summed E-state index contributed by atoms with van der Waals surface area (Å²) in [6, 6.07) is 4.82. The molecule has 0 saturated heterocycles. The van der Waals surface area contributed by atoms with Crippen molar-refractivity contribution in [3.05, 3.63) is 35.9 Å². The van der Waals surface area contributed by atoms with Gasteiger partial charge in [0.05, 0.1) is 5.39 Å². The van der Waals surface area contributed by atoms with E-state index in [2.05, 4.69) is 16.5 Å². The third-order valence-corrected chi connectivity index (χ3v) is 2.77. The van der Waals surface area contributed by atoms with E-state index < -0.39 is 0 Å². The highest BCUT2D eigenvalue weighted by Crippen LogP contribution is 2.28. The number of nitrogens with one attached hydrogen (secondary N) is 1. The first kappa shape index (κ1) is 9.54. The number of nitrogens with zero attached hydrogens (tertiary/aromatic N) is 1. The van der Waals surface area contributed by atoms with E-state index in [1.165, 1.54) is 6.07 Å². The molecule has 3 rings (SSSR count). The molecule has 0 spiro atoms. The average molecular weight is 218 g/mol. The predicted octanol–water partition coefficient (Wildman–Crippen LogP) is 2.34. The number of hydrogen-bond donors (Lipinski definition) is 1. The summed E-state index contributed by atoms with van der Waals surface area (Å²) in [6.45, 7) is 1.66. The molecule has 1 aliphatic heterocycles. The quantitative estimate of drug-likeness (QED) is 0.798. The monoisotopic (exact) mass is 218 g/mol. The van der Waals surface area contributed by atoms with Gasteiger partial charge in [-0.15, -0.1) is 0 Å². The van der Waals surface area contributed by atoms with Crippen LogP contribution in [-0.4, -0.2) is 18.2 Å². The van der Waals surface area contributed by atoms with E-state index in [1.54, 1.807) is 12.1 Å². The van der Waals surface area contributed by atoms with Crippen LogP contribution in [0.2, 0.25) is 0 Å². The molecule has 0 fully saturated rings. The molecule has 0 atom stereocenters. The highest BCUT2D eigenvalue weighted by molar-refractivity contribution is 5.90. The standard InChI is InChI=1S/C12H11FN2O/c13-9-4-1-5-10-11(9)12(16-15-10)8-3-2-6-14-7-8/h1,3-5,14H,2,6-7H2. The number of hydrogen-bond acceptors (Lipinski definition) is 3. The van der Waals surface area contributed by atoms with Crippen LogP contribution in [0, 0.1) is 5.82 Å². The third kappa shape index (κ3) is 1.42. The first-order valence-electron chi connectivity index (χ1n) is 5.30. The Morgan fingerprint density at radius 2 is 2.31 bits per heavy atom. The third-order valence-electron chi connectivity index (χ3n) is 2.77. The molecule has 1 aromatic heterocycles. The first-order chi connectivity index (χ1) is 7.86. The average Bonchev–Trinajstić information content (AvgIpc) is 2.75. The van der Waals surface area contributed by atoms with Crippen molar-refractivity contribution in [2.75, 3.05) is 13.1 Å². The molecule has 4 heteroatoms. The fourth-order valence-electron chi connectivity index (χ4n) is 1.99. The van der Waals surface area contributed by atoms with Crippen molar-refractivity contribution >= 4 is 16.5 Å². The molecule has 2 heterocycles. The molecule has 2 aromatic rings. The fraction of sp³-hybridized carbons (Fsp3) is 0.250. The van der Waals surface area contributed by atoms with Crippen LogP contribution >= 0.6 is 0 Å². The normalized spacial score (nSPS) is 16.4. The smallest absolute Gasteiger partial charge is 0.174 e. The Morgan fingerprint density at radius 1 is 1.38 bits per heavy atom. The lowest BCUT2D eigenvalue weighted by molar-refractivity contribution is 0.416. The summed E-state index contributed by atoms with van der Waals surface area (Å²) in [4.78, 5) is 0. The summed E-state index contributed by atoms with van der Waals surface area (Å²) in [5, 5.41) is 7.58. The highest BCUT2D eigenvalue weighted by atomic mass is 19.1. The van der Waals surface area contributed by atoms with E-state index in [0.717, 1.165) is 18.5 Å². The lowest BCUT2D eigenvalue weighted by atomic mass is 10.1. The molecule has 1 N–H and O–H groups in total. The van der Waals surface area contributed by atoms with Gasteiger partial charge in [-0.25, -0.2) is 4.39 Å². The minimum atomic E-state index is -0.278. The zero-order valence-corrected chi connectivity index (χ0v) is 8.66. The molecule has 0 radical (unpaired) electrons. The number of fused-ring (bicyclic) bond motifs is 1. The van der Waals surface area contributed by atoms with Crippen LogP contribution in [0.5, 0.6) is 0 Å². The predicted molar refractivity (Wildman–Crippen MR) is 59.4 cm³/mol. The maximum atomic E-state index is 13.7. The molecular weight excluding hydrogens is 207 g/mol. The SMILES string of the molecule is Fc1cccc2noc(C3=CCCNC3)c12. The van der Waals surface area contributed by atoms with Crippen molar-refractivity contribution in [2.45, 2.75) is 6.42 Å². The zero-order valence-electron chi connectivity index (χ0n) is 8.66. The van der Waals surface area contributed by atoms with E-state index in [4.69, 9.17) is 4.52 Å². The number of halogens is 1. The van der Waals surface area contributed by atoms with Gasteiger partial charge in [-0.1, -0.05) is 17.3 Å². The van der Waals surface area contributed by atoms with E-state index in [0.29, 0.717) is 23.2 Å². The van der Waals surface area contributed by atoms with E-state index in [1.807, 2.05) is 0 Å². The second-order valence-corrected chi connectivity index (χ2v) is 3.84. The molecule has 0 bridgehead atoms. The van der Waals surface area contributed by atoms with Crippen LogP contribution < -0.4 is 5.32 Å². The van der Waals surface area contributed by atoms with E-state index in [9.17, 15) is 4.39 Å². The van der Waals surface area contributed by atoms with E-state index >= 15 is 0 Å². The minimum Gasteiger partial charge on any atom is -0.355 e. The van der Waals surface area contributed by atoms with Crippen molar-refractivity contribution in [3.63, 3.8) is 0 Å². The summed E-state index contributed by atoms with van der Waals surface area (Å²) < 4.78 is 18.9. The summed E-state index contributed by atoms with van der Waals surface area (Å²) in [5.74, 6) is 0.278. The second kappa shape index (κ2) is 3.72. The van der Waals surface area contributed by atoms with Crippen molar-refractivity contribution in [3.8, 4) is 0 Å². The second-order valence-electron chi connectivity index (χ2n) is 3.84. The zero-order chi connectivity index (χ0) is 11.0. The Balaban J connectivity index is 2.20. The van der Waals surface area contributed by atoms with Crippen LogP contribution in [0.1, 0.15) is 12.2 Å². The maximum absolute atomic E-state index is 13.7. The van der Waals surface area contributed by atoms with E-state index in [-0.39, 0.29) is 5.82 Å². The van der Waals surface area contributed by atoms with Crippen molar-refractivity contribution in [2.24, 2.45) is 0 Å². The minimum absolute atomic E-state index is 0.278. The largest absolute Gasteiger partial charge is 0.355 e. The van der Waals surface area contributed by atoms with Crippen molar-refractivity contribution in [1.29, 1.82) is 0 Å². The molecule has 1 aliphatic rings. The highest BCUT2D eigenvalue weighted by Gasteiger charge is 2.17. The Labute approximate surface area is 91.9 Å². The summed E-state index contributed by atoms with van der Waals surface area (Å²) in [7, 11) is 0. The van der Waals surface area contributed by atoms with Gasteiger partial charge in [-0.2, -0.15) is 0 Å². The molecule has 82 valence electrons. The van der Waals surface area contributed by atoms with Gasteiger partial charge in [-0.3, -0.25) is 0 Å². The molecule has 0 amide bonds. The van der Waals surface area contributed by atoms with Crippen LogP contribution in [0.15, 0.2) is 28.8 Å². The molecular formula is C12H11FN2O. The van der Waals surface area contributed by atoms with Gasteiger partial charge >= 0.3 is 0 Å². The van der Waals surface area contributed by atoms with Crippen LogP contribution in [-0.2, 0) is 0 Å². The van der Waals surface area contributed by atoms with Gasteiger partial charge in [0.2, 0.25) is 0 Å². The van der Waals surface area contributed by atoms with Crippen molar-refractivity contribution < 1.29 is 8.91 Å². The van der Waals surface area contributed by atoms with Crippen LogP contribution in [0.25, 0.3) is 16.5 Å². The lowest BCUT2D eigenvalue weighted by Crippen LogP contribution is -2.21. The van der Waals surface area contributed by atoms with Crippen LogP contribution in [0.3, 0.4) is 0 Å². The molecule has 0 saturated carbocycles. The number of rotatable bonds is 1. The fourth-order valence-corrected chi connectivity index (χ4v) is 1.99. The summed E-state index contributed by atoms with van der Waals surface area (Å²) in [5.41, 5.74) is 1.56. The van der Waals surface area contributed by atoms with Crippen molar-refractivity contribution in [1.82, 2.24) is 10.5 Å². The van der Waals surface area contributed by atoms with Gasteiger partial charge < -0.3 is 9.84 Å². The Morgan fingerprint density at radius 3 is 3.12 bits per heavy atom. The Hall–Kier alpha value is -1.68. The maximum Gasteiger partial charge on any atom is 0.174 e. The molecule has 3 nitrogen and oxygen atoms in total. The topological polar surface area (TPSA) is 38.1 Å². The summed E-state index contributed by atoms with van der Waals surface area (Å²) >= 11 is 0. The molecule has 0 unspecified atom stereocenters. The lowest BCUT2D eigenvalue weighted by Gasteiger charge is -2.11. The van der Waals surface area contributed by atoms with Gasteiger partial charge in [0.25, 0.3) is 0 Å². The Kier molecular flexibility index (Phi) is 2.22.